The second kappa shape index (κ2) is 7.37. The largest absolute Gasteiger partial charge is 0.408 e. The Labute approximate surface area is 156 Å². The topological polar surface area (TPSA) is 83.0 Å². The van der Waals surface area contributed by atoms with Gasteiger partial charge in [0.15, 0.2) is 5.82 Å². The van der Waals surface area contributed by atoms with E-state index in [4.69, 9.17) is 0 Å². The van der Waals surface area contributed by atoms with E-state index in [1.807, 2.05) is 0 Å². The minimum atomic E-state index is -4.58. The molecule has 1 fully saturated rings. The lowest BCUT2D eigenvalue weighted by Crippen LogP contribution is -2.44. The summed E-state index contributed by atoms with van der Waals surface area (Å²) in [6.07, 6.45) is -6.03. The number of nitrogens with one attached hydrogen (secondary N) is 2. The lowest BCUT2D eigenvalue weighted by molar-refractivity contribution is -0.138. The summed E-state index contributed by atoms with van der Waals surface area (Å²) >= 11 is 0. The Hall–Kier alpha value is -2.11. The summed E-state index contributed by atoms with van der Waals surface area (Å²) in [5.41, 5.74) is -0.0362. The van der Waals surface area contributed by atoms with Crippen LogP contribution in [0.25, 0.3) is 5.57 Å². The van der Waals surface area contributed by atoms with Gasteiger partial charge >= 0.3 is 6.18 Å². The van der Waals surface area contributed by atoms with E-state index in [-0.39, 0.29) is 30.2 Å². The Morgan fingerprint density at radius 3 is 2.39 bits per heavy atom. The van der Waals surface area contributed by atoms with Crippen molar-refractivity contribution < 1.29 is 31.4 Å². The number of nitrogens with zero attached hydrogens (tertiary/aromatic N) is 3. The highest BCUT2D eigenvalue weighted by molar-refractivity contribution is 5.65. The van der Waals surface area contributed by atoms with E-state index >= 15 is 0 Å². The minimum Gasteiger partial charge on any atom is -0.386 e. The second-order valence-electron chi connectivity index (χ2n) is 7.05. The molecule has 0 spiro atoms. The molecule has 0 amide bonds. The van der Waals surface area contributed by atoms with Crippen molar-refractivity contribution >= 4 is 17.5 Å². The van der Waals surface area contributed by atoms with Crippen molar-refractivity contribution in [2.75, 3.05) is 10.6 Å². The fourth-order valence-electron chi connectivity index (χ4n) is 3.00. The molecule has 0 aliphatic heterocycles. The van der Waals surface area contributed by atoms with Crippen LogP contribution >= 0.6 is 0 Å². The molecule has 6 nitrogen and oxygen atoms in total. The molecule has 2 atom stereocenters. The molecule has 3 rings (SSSR count). The minimum absolute atomic E-state index is 0.0362. The Morgan fingerprint density at radius 2 is 1.79 bits per heavy atom. The lowest BCUT2D eigenvalue weighted by Gasteiger charge is -2.35. The van der Waals surface area contributed by atoms with Crippen LogP contribution in [0.3, 0.4) is 0 Å². The van der Waals surface area contributed by atoms with E-state index in [1.165, 1.54) is 0 Å². The van der Waals surface area contributed by atoms with Crippen molar-refractivity contribution in [1.29, 1.82) is 0 Å². The zero-order chi connectivity index (χ0) is 20.7. The highest BCUT2D eigenvalue weighted by Gasteiger charge is 2.45. The molecule has 1 aromatic rings. The molecule has 12 heteroatoms. The molecule has 2 aliphatic carbocycles. The highest BCUT2D eigenvalue weighted by atomic mass is 19.4. The summed E-state index contributed by atoms with van der Waals surface area (Å²) in [4.78, 5) is 11.6. The first-order valence-electron chi connectivity index (χ1n) is 8.75. The monoisotopic (exact) mass is 411 g/mol. The molecule has 3 N–H and O–H groups in total. The number of hydrogen-bond donors (Lipinski definition) is 3. The predicted octanol–water partition coefficient (Wildman–Crippen LogP) is 3.67. The zero-order valence-corrected chi connectivity index (χ0v) is 14.8. The van der Waals surface area contributed by atoms with Crippen LogP contribution in [0.15, 0.2) is 5.83 Å². The molecular weight excluding hydrogens is 392 g/mol. The fourth-order valence-corrected chi connectivity index (χ4v) is 3.00. The van der Waals surface area contributed by atoms with Gasteiger partial charge < -0.3 is 15.7 Å². The maximum atomic E-state index is 14.3. The zero-order valence-electron chi connectivity index (χ0n) is 14.8. The normalized spacial score (nSPS) is 23.9. The molecule has 1 unspecified atom stereocenters. The van der Waals surface area contributed by atoms with Crippen LogP contribution in [0.4, 0.5) is 38.2 Å². The van der Waals surface area contributed by atoms with Crippen molar-refractivity contribution in [3.8, 4) is 0 Å². The van der Waals surface area contributed by atoms with E-state index in [1.54, 1.807) is 0 Å². The third-order valence-electron chi connectivity index (χ3n) is 4.65. The molecule has 0 saturated heterocycles. The van der Waals surface area contributed by atoms with Crippen molar-refractivity contribution in [3.05, 3.63) is 11.7 Å². The third kappa shape index (κ3) is 4.65. The predicted molar refractivity (Wildman–Crippen MR) is 88.4 cm³/mol. The SMILES string of the molecule is C[C@H](Nc1nc(NC2CC(F)(F)C2)nc(C2=C(F)C(O)CCC2)n1)C(F)(F)F. The van der Waals surface area contributed by atoms with Crippen molar-refractivity contribution in [1.82, 2.24) is 15.0 Å². The van der Waals surface area contributed by atoms with Gasteiger partial charge in [-0.25, -0.2) is 13.2 Å². The Bertz CT molecular complexity index is 760. The molecule has 28 heavy (non-hydrogen) atoms. The average Bonchev–Trinajstić information content (AvgIpc) is 2.54. The fraction of sp³-hybridized carbons (Fsp3) is 0.688. The average molecular weight is 411 g/mol. The van der Waals surface area contributed by atoms with Crippen LogP contribution in [0.5, 0.6) is 0 Å². The Morgan fingerprint density at radius 1 is 1.14 bits per heavy atom. The number of halogens is 6. The maximum absolute atomic E-state index is 14.3. The Balaban J connectivity index is 1.91. The van der Waals surface area contributed by atoms with Crippen molar-refractivity contribution in [3.63, 3.8) is 0 Å². The van der Waals surface area contributed by atoms with Gasteiger partial charge in [0.1, 0.15) is 18.0 Å². The molecule has 0 bridgehead atoms. The summed E-state index contributed by atoms with van der Waals surface area (Å²) in [6.45, 7) is 0.854. The number of aliphatic hydroxyl groups excluding tert-OH is 1. The van der Waals surface area contributed by atoms with Crippen molar-refractivity contribution in [2.45, 2.75) is 69.3 Å². The first kappa shape index (κ1) is 20.6. The van der Waals surface area contributed by atoms with Crippen LogP contribution < -0.4 is 10.6 Å². The van der Waals surface area contributed by atoms with E-state index in [0.717, 1.165) is 6.92 Å². The second-order valence-corrected chi connectivity index (χ2v) is 7.05. The number of hydrogen-bond acceptors (Lipinski definition) is 6. The smallest absolute Gasteiger partial charge is 0.386 e. The number of aliphatic hydroxyl groups is 1. The van der Waals surface area contributed by atoms with E-state index in [2.05, 4.69) is 25.6 Å². The molecule has 156 valence electrons. The summed E-state index contributed by atoms with van der Waals surface area (Å²) in [5, 5.41) is 14.4. The van der Waals surface area contributed by atoms with Gasteiger partial charge in [0.05, 0.1) is 0 Å². The maximum Gasteiger partial charge on any atom is 0.408 e. The number of alkyl halides is 5. The van der Waals surface area contributed by atoms with Gasteiger partial charge in [0, 0.05) is 24.5 Å². The van der Waals surface area contributed by atoms with Gasteiger partial charge in [-0.1, -0.05) is 0 Å². The van der Waals surface area contributed by atoms with Gasteiger partial charge in [-0.2, -0.15) is 28.1 Å². The number of rotatable bonds is 5. The van der Waals surface area contributed by atoms with E-state index in [0.29, 0.717) is 6.42 Å². The standard InChI is InChI=1S/C16H19F6N5O/c1-7(16(20,21)22)23-13-25-12(9-3-2-4-10(28)11(9)17)26-14(27-13)24-8-5-15(18,19)6-8/h7-8,10,28H,2-6H2,1H3,(H2,23,24,25,26,27)/t7-,10?/m0/s1. The van der Waals surface area contributed by atoms with Crippen LogP contribution in [-0.4, -0.2) is 50.3 Å². The molecule has 2 aliphatic rings. The Kier molecular flexibility index (Phi) is 5.43. The molecule has 1 saturated carbocycles. The van der Waals surface area contributed by atoms with Gasteiger partial charge in [-0.05, 0) is 26.2 Å². The summed E-state index contributed by atoms with van der Waals surface area (Å²) in [6, 6.07) is -2.66. The van der Waals surface area contributed by atoms with Gasteiger partial charge in [-0.15, -0.1) is 0 Å². The van der Waals surface area contributed by atoms with Gasteiger partial charge in [0.2, 0.25) is 11.9 Å². The van der Waals surface area contributed by atoms with Crippen LogP contribution in [0, 0.1) is 0 Å². The highest BCUT2D eigenvalue weighted by Crippen LogP contribution is 2.39. The van der Waals surface area contributed by atoms with Gasteiger partial charge in [0.25, 0.3) is 5.92 Å². The molecule has 0 aromatic carbocycles. The first-order valence-corrected chi connectivity index (χ1v) is 8.75. The first-order chi connectivity index (χ1) is 12.9. The number of anilines is 2. The van der Waals surface area contributed by atoms with Crippen LogP contribution in [0.1, 0.15) is 44.9 Å². The summed E-state index contributed by atoms with van der Waals surface area (Å²) in [5.74, 6) is -4.61. The van der Waals surface area contributed by atoms with Crippen molar-refractivity contribution in [2.24, 2.45) is 0 Å². The van der Waals surface area contributed by atoms with Gasteiger partial charge in [-0.3, -0.25) is 0 Å². The van der Waals surface area contributed by atoms with E-state index in [9.17, 15) is 31.4 Å². The van der Waals surface area contributed by atoms with E-state index < -0.39 is 54.9 Å². The molecular formula is C16H19F6N5O. The molecule has 0 radical (unpaired) electrons. The number of aromatic nitrogens is 3. The summed E-state index contributed by atoms with van der Waals surface area (Å²) < 4.78 is 78.8. The third-order valence-corrected chi connectivity index (χ3v) is 4.65. The number of allylic oxidation sites excluding steroid dienone is 1. The molecule has 1 heterocycles. The lowest BCUT2D eigenvalue weighted by atomic mass is 9.88. The van der Waals surface area contributed by atoms with Crippen LogP contribution in [0.2, 0.25) is 0 Å². The quantitative estimate of drug-likeness (QED) is 0.642. The molecule has 1 aromatic heterocycles. The summed E-state index contributed by atoms with van der Waals surface area (Å²) in [7, 11) is 0. The van der Waals surface area contributed by atoms with Crippen LogP contribution in [-0.2, 0) is 0 Å².